The Morgan fingerprint density at radius 2 is 1.60 bits per heavy atom. The van der Waals surface area contributed by atoms with E-state index in [-0.39, 0.29) is 6.29 Å². The largest absolute Gasteiger partial charge is 0.356 e. The van der Waals surface area contributed by atoms with Gasteiger partial charge in [0.2, 0.25) is 0 Å². The minimum absolute atomic E-state index is 0.124. The second-order valence-electron chi connectivity index (χ2n) is 3.20. The van der Waals surface area contributed by atoms with Gasteiger partial charge in [-0.15, -0.1) is 24.2 Å². The van der Waals surface area contributed by atoms with Crippen molar-refractivity contribution in [1.82, 2.24) is 0 Å². The third-order valence-electron chi connectivity index (χ3n) is 2.03. The molecule has 0 aliphatic heterocycles. The summed E-state index contributed by atoms with van der Waals surface area (Å²) in [6, 6.07) is 0. The summed E-state index contributed by atoms with van der Waals surface area (Å²) >= 11 is 0. The summed E-state index contributed by atoms with van der Waals surface area (Å²) in [6.07, 6.45) is 10.6. The summed E-state index contributed by atoms with van der Waals surface area (Å²) in [5, 5.41) is 0. The zero-order valence-corrected chi connectivity index (χ0v) is 9.71. The Morgan fingerprint density at radius 3 is 2.20 bits per heavy atom. The van der Waals surface area contributed by atoms with Crippen molar-refractivity contribution in [2.75, 3.05) is 14.2 Å². The lowest BCUT2D eigenvalue weighted by atomic mass is 10.2. The quantitative estimate of drug-likeness (QED) is 0.364. The van der Waals surface area contributed by atoms with E-state index in [1.54, 1.807) is 14.2 Å². The maximum Gasteiger partial charge on any atom is 0.157 e. The molecular weight excluding hydrogens is 188 g/mol. The van der Waals surface area contributed by atoms with Crippen LogP contribution in [0.1, 0.15) is 38.5 Å². The monoisotopic (exact) mass is 208 g/mol. The third kappa shape index (κ3) is 9.35. The second-order valence-corrected chi connectivity index (χ2v) is 3.20. The first kappa shape index (κ1) is 14.0. The molecule has 0 saturated carbocycles. The van der Waals surface area contributed by atoms with Crippen LogP contribution in [-0.4, -0.2) is 20.5 Å². The van der Waals surface area contributed by atoms with Crippen LogP contribution in [0.25, 0.3) is 0 Å². The number of terminal acetylenes is 1. The van der Waals surface area contributed by atoms with Crippen molar-refractivity contribution in [3.8, 4) is 24.2 Å². The predicted molar refractivity (Wildman–Crippen MR) is 62.1 cm³/mol. The summed E-state index contributed by atoms with van der Waals surface area (Å²) < 4.78 is 10.1. The van der Waals surface area contributed by atoms with E-state index >= 15 is 0 Å². The Morgan fingerprint density at radius 1 is 1.00 bits per heavy atom. The summed E-state index contributed by atoms with van der Waals surface area (Å²) in [6.45, 7) is 0. The van der Waals surface area contributed by atoms with Gasteiger partial charge in [-0.1, -0.05) is 0 Å². The molecule has 0 unspecified atom stereocenters. The summed E-state index contributed by atoms with van der Waals surface area (Å²) in [5.41, 5.74) is 0. The molecule has 0 bridgehead atoms. The Kier molecular flexibility index (Phi) is 10.4. The van der Waals surface area contributed by atoms with Gasteiger partial charge in [-0.2, -0.15) is 0 Å². The maximum absolute atomic E-state index is 5.14. The van der Waals surface area contributed by atoms with Crippen molar-refractivity contribution in [2.45, 2.75) is 44.8 Å². The lowest BCUT2D eigenvalue weighted by Crippen LogP contribution is -2.11. The molecule has 0 aliphatic carbocycles. The molecule has 84 valence electrons. The number of ether oxygens (including phenoxy) is 2. The SMILES string of the molecule is C#CCCCCC#CCCC(OC)OC. The van der Waals surface area contributed by atoms with Gasteiger partial charge in [-0.3, -0.25) is 0 Å². The van der Waals surface area contributed by atoms with E-state index in [1.807, 2.05) is 0 Å². The molecular formula is C13H20O2. The fraction of sp³-hybridized carbons (Fsp3) is 0.692. The van der Waals surface area contributed by atoms with Crippen molar-refractivity contribution in [1.29, 1.82) is 0 Å². The van der Waals surface area contributed by atoms with E-state index in [0.29, 0.717) is 0 Å². The van der Waals surface area contributed by atoms with Crippen molar-refractivity contribution in [2.24, 2.45) is 0 Å². The molecule has 0 N–H and O–H groups in total. The van der Waals surface area contributed by atoms with E-state index in [1.165, 1.54) is 0 Å². The average molecular weight is 208 g/mol. The van der Waals surface area contributed by atoms with Crippen LogP contribution in [0.4, 0.5) is 0 Å². The predicted octanol–water partition coefficient (Wildman–Crippen LogP) is 2.58. The Bertz CT molecular complexity index is 225. The average Bonchev–Trinajstić information content (AvgIpc) is 2.27. The molecule has 0 amide bonds. The summed E-state index contributed by atoms with van der Waals surface area (Å²) in [4.78, 5) is 0. The highest BCUT2D eigenvalue weighted by Crippen LogP contribution is 2.01. The van der Waals surface area contributed by atoms with Crippen molar-refractivity contribution < 1.29 is 9.47 Å². The Hall–Kier alpha value is -0.960. The van der Waals surface area contributed by atoms with E-state index in [2.05, 4.69) is 17.8 Å². The van der Waals surface area contributed by atoms with E-state index in [9.17, 15) is 0 Å². The Labute approximate surface area is 93.3 Å². The van der Waals surface area contributed by atoms with Gasteiger partial charge in [0.25, 0.3) is 0 Å². The first-order valence-electron chi connectivity index (χ1n) is 5.30. The standard InChI is InChI=1S/C13H20O2/c1-4-5-6-7-8-9-10-11-12-13(14-2)15-3/h1,13H,5-8,11-12H2,2-3H3. The van der Waals surface area contributed by atoms with Crippen LogP contribution in [0, 0.1) is 24.2 Å². The van der Waals surface area contributed by atoms with Gasteiger partial charge in [0, 0.05) is 39.9 Å². The van der Waals surface area contributed by atoms with Crippen LogP contribution < -0.4 is 0 Å². The first-order chi connectivity index (χ1) is 7.35. The minimum Gasteiger partial charge on any atom is -0.356 e. The van der Waals surface area contributed by atoms with Crippen LogP contribution in [0.15, 0.2) is 0 Å². The zero-order valence-electron chi connectivity index (χ0n) is 9.71. The van der Waals surface area contributed by atoms with Gasteiger partial charge >= 0.3 is 0 Å². The molecule has 0 aliphatic rings. The molecule has 0 fully saturated rings. The number of methoxy groups -OCH3 is 2. The molecule has 0 aromatic carbocycles. The lowest BCUT2D eigenvalue weighted by Gasteiger charge is -2.10. The zero-order chi connectivity index (χ0) is 11.4. The molecule has 0 aromatic heterocycles. The lowest BCUT2D eigenvalue weighted by molar-refractivity contribution is -0.105. The van der Waals surface area contributed by atoms with Crippen LogP contribution >= 0.6 is 0 Å². The highest BCUT2D eigenvalue weighted by Gasteiger charge is 2.01. The third-order valence-corrected chi connectivity index (χ3v) is 2.03. The fourth-order valence-electron chi connectivity index (χ4n) is 1.14. The fourth-order valence-corrected chi connectivity index (χ4v) is 1.14. The van der Waals surface area contributed by atoms with Gasteiger partial charge in [0.1, 0.15) is 0 Å². The smallest absolute Gasteiger partial charge is 0.157 e. The normalized spacial score (nSPS) is 9.47. The minimum atomic E-state index is -0.124. The van der Waals surface area contributed by atoms with Crippen LogP contribution in [-0.2, 0) is 9.47 Å². The second kappa shape index (κ2) is 11.1. The molecule has 0 atom stereocenters. The van der Waals surface area contributed by atoms with Gasteiger partial charge in [0.15, 0.2) is 6.29 Å². The van der Waals surface area contributed by atoms with Crippen molar-refractivity contribution in [3.63, 3.8) is 0 Å². The van der Waals surface area contributed by atoms with Crippen molar-refractivity contribution in [3.05, 3.63) is 0 Å². The molecule has 2 heteroatoms. The van der Waals surface area contributed by atoms with Crippen LogP contribution in [0.3, 0.4) is 0 Å². The molecule has 0 saturated heterocycles. The number of rotatable bonds is 7. The Balaban J connectivity index is 3.34. The topological polar surface area (TPSA) is 18.5 Å². The molecule has 15 heavy (non-hydrogen) atoms. The number of hydrogen-bond acceptors (Lipinski definition) is 2. The van der Waals surface area contributed by atoms with E-state index in [4.69, 9.17) is 15.9 Å². The first-order valence-corrected chi connectivity index (χ1v) is 5.30. The van der Waals surface area contributed by atoms with Gasteiger partial charge in [-0.05, 0) is 12.8 Å². The van der Waals surface area contributed by atoms with Crippen LogP contribution in [0.5, 0.6) is 0 Å². The van der Waals surface area contributed by atoms with Gasteiger partial charge < -0.3 is 9.47 Å². The highest BCUT2D eigenvalue weighted by atomic mass is 16.7. The molecule has 0 aromatic rings. The summed E-state index contributed by atoms with van der Waals surface area (Å²) in [5.74, 6) is 8.84. The molecule has 0 rings (SSSR count). The molecule has 0 spiro atoms. The van der Waals surface area contributed by atoms with Gasteiger partial charge in [-0.25, -0.2) is 0 Å². The number of hydrogen-bond donors (Lipinski definition) is 0. The maximum atomic E-state index is 5.14. The van der Waals surface area contributed by atoms with Crippen LogP contribution in [0.2, 0.25) is 0 Å². The van der Waals surface area contributed by atoms with E-state index < -0.39 is 0 Å². The molecule has 0 heterocycles. The van der Waals surface area contributed by atoms with E-state index in [0.717, 1.165) is 38.5 Å². The van der Waals surface area contributed by atoms with Crippen molar-refractivity contribution >= 4 is 0 Å². The summed E-state index contributed by atoms with van der Waals surface area (Å²) in [7, 11) is 3.28. The highest BCUT2D eigenvalue weighted by molar-refractivity contribution is 4.98. The molecule has 2 nitrogen and oxygen atoms in total. The molecule has 0 radical (unpaired) electrons. The number of unbranched alkanes of at least 4 members (excludes halogenated alkanes) is 3. The van der Waals surface area contributed by atoms with Gasteiger partial charge in [0.05, 0.1) is 0 Å².